The highest BCUT2D eigenvalue weighted by atomic mass is 35.5. The summed E-state index contributed by atoms with van der Waals surface area (Å²) in [6, 6.07) is 14.8. The van der Waals surface area contributed by atoms with Crippen LogP contribution in [0.1, 0.15) is 23.3 Å². The first-order chi connectivity index (χ1) is 12.7. The molecule has 1 fully saturated rings. The quantitative estimate of drug-likeness (QED) is 0.703. The molecule has 0 atom stereocenters. The zero-order valence-electron chi connectivity index (χ0n) is 14.1. The van der Waals surface area contributed by atoms with E-state index in [0.29, 0.717) is 29.5 Å². The third kappa shape index (κ3) is 3.63. The average Bonchev–Trinajstić information content (AvgIpc) is 2.69. The van der Waals surface area contributed by atoms with Crippen LogP contribution in [0, 0.1) is 0 Å². The van der Waals surface area contributed by atoms with Gasteiger partial charge < -0.3 is 9.64 Å². The molecule has 0 radical (unpaired) electrons. The van der Waals surface area contributed by atoms with Gasteiger partial charge in [0.05, 0.1) is 0 Å². The van der Waals surface area contributed by atoms with E-state index in [1.807, 2.05) is 47.4 Å². The number of pyridine rings is 2. The molecule has 0 saturated carbocycles. The zero-order valence-corrected chi connectivity index (χ0v) is 14.9. The van der Waals surface area contributed by atoms with E-state index in [9.17, 15) is 4.79 Å². The predicted molar refractivity (Wildman–Crippen MR) is 101 cm³/mol. The summed E-state index contributed by atoms with van der Waals surface area (Å²) in [5.41, 5.74) is 1.03. The van der Waals surface area contributed by atoms with Gasteiger partial charge in [-0.3, -0.25) is 4.79 Å². The van der Waals surface area contributed by atoms with Gasteiger partial charge >= 0.3 is 0 Å². The van der Waals surface area contributed by atoms with Crippen LogP contribution in [0.5, 0.6) is 5.75 Å². The van der Waals surface area contributed by atoms with Crippen LogP contribution in [-0.4, -0.2) is 40.0 Å². The van der Waals surface area contributed by atoms with Crippen molar-refractivity contribution in [2.45, 2.75) is 18.9 Å². The molecule has 1 saturated heterocycles. The third-order valence-corrected chi connectivity index (χ3v) is 4.78. The summed E-state index contributed by atoms with van der Waals surface area (Å²) in [5, 5.41) is 1.62. The number of likely N-dealkylation sites (tertiary alicyclic amines) is 1. The van der Waals surface area contributed by atoms with Gasteiger partial charge in [-0.2, -0.15) is 0 Å². The van der Waals surface area contributed by atoms with Crippen LogP contribution >= 0.6 is 11.6 Å². The number of aromatic nitrogens is 2. The molecule has 0 unspecified atom stereocenters. The molecule has 3 heterocycles. The van der Waals surface area contributed by atoms with Crippen LogP contribution in [0.2, 0.25) is 5.02 Å². The number of ether oxygens (including phenoxy) is 1. The van der Waals surface area contributed by atoms with E-state index >= 15 is 0 Å². The van der Waals surface area contributed by atoms with Gasteiger partial charge in [-0.05, 0) is 48.5 Å². The fourth-order valence-corrected chi connectivity index (χ4v) is 3.24. The number of carbonyl (C=O) groups excluding carboxylic acids is 1. The smallest absolute Gasteiger partial charge is 0.272 e. The van der Waals surface area contributed by atoms with Gasteiger partial charge in [-0.15, -0.1) is 0 Å². The summed E-state index contributed by atoms with van der Waals surface area (Å²) in [5.74, 6) is 0.754. The standard InChI is InChI=1S/C20H18ClN3O2/c21-15-4-6-16(7-5-15)26-17-9-12-24(13-10-17)20(25)18-8-3-14-2-1-11-22-19(14)23-18/h1-8,11,17H,9-10,12-13H2. The van der Waals surface area contributed by atoms with Crippen molar-refractivity contribution in [1.29, 1.82) is 0 Å². The van der Waals surface area contributed by atoms with Gasteiger partial charge in [-0.25, -0.2) is 9.97 Å². The molecule has 132 valence electrons. The van der Waals surface area contributed by atoms with E-state index < -0.39 is 0 Å². The Balaban J connectivity index is 1.38. The molecule has 1 aliphatic rings. The molecule has 2 aromatic heterocycles. The number of amides is 1. The first kappa shape index (κ1) is 16.8. The maximum Gasteiger partial charge on any atom is 0.272 e. The molecule has 0 bridgehead atoms. The van der Waals surface area contributed by atoms with Gasteiger partial charge in [0.2, 0.25) is 0 Å². The number of piperidine rings is 1. The Morgan fingerprint density at radius 3 is 2.62 bits per heavy atom. The van der Waals surface area contributed by atoms with E-state index in [1.165, 1.54) is 0 Å². The Bertz CT molecular complexity index is 922. The number of benzene rings is 1. The van der Waals surface area contributed by atoms with Crippen molar-refractivity contribution in [1.82, 2.24) is 14.9 Å². The number of nitrogens with zero attached hydrogens (tertiary/aromatic N) is 3. The largest absolute Gasteiger partial charge is 0.490 e. The monoisotopic (exact) mass is 367 g/mol. The summed E-state index contributed by atoms with van der Waals surface area (Å²) in [6.45, 7) is 1.30. The minimum Gasteiger partial charge on any atom is -0.490 e. The normalized spacial score (nSPS) is 15.2. The van der Waals surface area contributed by atoms with Gasteiger partial charge in [0, 0.05) is 42.5 Å². The maximum atomic E-state index is 12.7. The summed E-state index contributed by atoms with van der Waals surface area (Å²) < 4.78 is 5.98. The molecular formula is C20H18ClN3O2. The highest BCUT2D eigenvalue weighted by Crippen LogP contribution is 2.22. The highest BCUT2D eigenvalue weighted by Gasteiger charge is 2.25. The Kier molecular flexibility index (Phi) is 4.71. The molecule has 1 aromatic carbocycles. The summed E-state index contributed by atoms with van der Waals surface area (Å²) >= 11 is 5.89. The van der Waals surface area contributed by atoms with Gasteiger partial charge in [0.25, 0.3) is 5.91 Å². The van der Waals surface area contributed by atoms with Crippen LogP contribution in [0.3, 0.4) is 0 Å². The molecule has 0 N–H and O–H groups in total. The van der Waals surface area contributed by atoms with Crippen molar-refractivity contribution >= 4 is 28.5 Å². The lowest BCUT2D eigenvalue weighted by Gasteiger charge is -2.32. The summed E-state index contributed by atoms with van der Waals surface area (Å²) in [6.07, 6.45) is 3.37. The Labute approximate surface area is 156 Å². The molecule has 6 heteroatoms. The lowest BCUT2D eigenvalue weighted by molar-refractivity contribution is 0.0590. The fraction of sp³-hybridized carbons (Fsp3) is 0.250. The molecule has 0 aliphatic carbocycles. The molecule has 5 nitrogen and oxygen atoms in total. The lowest BCUT2D eigenvalue weighted by Crippen LogP contribution is -2.42. The number of halogens is 1. The Morgan fingerprint density at radius 2 is 1.85 bits per heavy atom. The van der Waals surface area contributed by atoms with E-state index in [2.05, 4.69) is 9.97 Å². The van der Waals surface area contributed by atoms with Crippen molar-refractivity contribution in [2.75, 3.05) is 13.1 Å². The van der Waals surface area contributed by atoms with E-state index in [-0.39, 0.29) is 12.0 Å². The zero-order chi connectivity index (χ0) is 17.9. The number of carbonyl (C=O) groups is 1. The minimum atomic E-state index is -0.0532. The maximum absolute atomic E-state index is 12.7. The third-order valence-electron chi connectivity index (χ3n) is 4.53. The molecular weight excluding hydrogens is 350 g/mol. The van der Waals surface area contributed by atoms with Gasteiger partial charge in [0.15, 0.2) is 5.65 Å². The van der Waals surface area contributed by atoms with Crippen LogP contribution in [0.25, 0.3) is 11.0 Å². The number of rotatable bonds is 3. The summed E-state index contributed by atoms with van der Waals surface area (Å²) in [7, 11) is 0. The number of hydrogen-bond acceptors (Lipinski definition) is 4. The van der Waals surface area contributed by atoms with Crippen LogP contribution in [0.15, 0.2) is 54.7 Å². The highest BCUT2D eigenvalue weighted by molar-refractivity contribution is 6.30. The van der Waals surface area contributed by atoms with Crippen molar-refractivity contribution < 1.29 is 9.53 Å². The molecule has 4 rings (SSSR count). The number of fused-ring (bicyclic) bond motifs is 1. The molecule has 1 amide bonds. The van der Waals surface area contributed by atoms with Crippen molar-refractivity contribution in [3.05, 3.63) is 65.4 Å². The Hall–Kier alpha value is -2.66. The topological polar surface area (TPSA) is 55.3 Å². The first-order valence-electron chi connectivity index (χ1n) is 8.62. The molecule has 3 aromatic rings. The molecule has 26 heavy (non-hydrogen) atoms. The second-order valence-corrected chi connectivity index (χ2v) is 6.75. The lowest BCUT2D eigenvalue weighted by atomic mass is 10.1. The van der Waals surface area contributed by atoms with E-state index in [4.69, 9.17) is 16.3 Å². The second-order valence-electron chi connectivity index (χ2n) is 6.31. The average molecular weight is 368 g/mol. The second kappa shape index (κ2) is 7.30. The minimum absolute atomic E-state index is 0.0532. The van der Waals surface area contributed by atoms with Crippen molar-refractivity contribution in [2.24, 2.45) is 0 Å². The van der Waals surface area contributed by atoms with Crippen LogP contribution in [0.4, 0.5) is 0 Å². The van der Waals surface area contributed by atoms with Gasteiger partial charge in [0.1, 0.15) is 17.5 Å². The van der Waals surface area contributed by atoms with Crippen molar-refractivity contribution in [3.8, 4) is 5.75 Å². The number of hydrogen-bond donors (Lipinski definition) is 0. The SMILES string of the molecule is O=C(c1ccc2cccnc2n1)N1CCC(Oc2ccc(Cl)cc2)CC1. The fourth-order valence-electron chi connectivity index (χ4n) is 3.12. The van der Waals surface area contributed by atoms with Crippen LogP contribution < -0.4 is 4.74 Å². The summed E-state index contributed by atoms with van der Waals surface area (Å²) in [4.78, 5) is 23.2. The van der Waals surface area contributed by atoms with E-state index in [1.54, 1.807) is 12.3 Å². The Morgan fingerprint density at radius 1 is 1.08 bits per heavy atom. The van der Waals surface area contributed by atoms with Crippen LogP contribution in [-0.2, 0) is 0 Å². The van der Waals surface area contributed by atoms with Crippen molar-refractivity contribution in [3.63, 3.8) is 0 Å². The molecule has 0 spiro atoms. The molecule has 1 aliphatic heterocycles. The van der Waals surface area contributed by atoms with E-state index in [0.717, 1.165) is 24.0 Å². The predicted octanol–water partition coefficient (Wildman–Crippen LogP) is 3.97. The van der Waals surface area contributed by atoms with Gasteiger partial charge in [-0.1, -0.05) is 11.6 Å². The first-order valence-corrected chi connectivity index (χ1v) is 9.00.